The van der Waals surface area contributed by atoms with Crippen LogP contribution in [-0.2, 0) is 16.1 Å². The predicted molar refractivity (Wildman–Crippen MR) is 74.5 cm³/mol. The molecule has 0 N–H and O–H groups in total. The number of fused-ring (bicyclic) bond motifs is 1. The third-order valence-electron chi connectivity index (χ3n) is 3.09. The first-order valence-corrected chi connectivity index (χ1v) is 6.34. The lowest BCUT2D eigenvalue weighted by atomic mass is 9.99. The van der Waals surface area contributed by atoms with E-state index in [1.54, 1.807) is 6.07 Å². The van der Waals surface area contributed by atoms with Crippen LogP contribution in [0.1, 0.15) is 17.0 Å². The first kappa shape index (κ1) is 12.4. The van der Waals surface area contributed by atoms with Crippen LogP contribution in [0.5, 0.6) is 5.75 Å². The van der Waals surface area contributed by atoms with Crippen molar-refractivity contribution in [3.63, 3.8) is 0 Å². The highest BCUT2D eigenvalue weighted by atomic mass is 16.6. The molecule has 4 heteroatoms. The fourth-order valence-corrected chi connectivity index (χ4v) is 2.06. The number of ether oxygens (including phenoxy) is 1. The molecule has 1 atom stereocenters. The number of benzene rings is 2. The number of para-hydroxylation sites is 1. The Morgan fingerprint density at radius 1 is 1.10 bits per heavy atom. The third kappa shape index (κ3) is 2.54. The van der Waals surface area contributed by atoms with Crippen LogP contribution < -0.4 is 4.84 Å². The molecule has 0 spiro atoms. The molecule has 2 aromatic rings. The van der Waals surface area contributed by atoms with Gasteiger partial charge >= 0.3 is 5.97 Å². The van der Waals surface area contributed by atoms with Crippen molar-refractivity contribution in [1.29, 1.82) is 0 Å². The molecule has 0 aromatic heterocycles. The summed E-state index contributed by atoms with van der Waals surface area (Å²) < 4.78 is 5.34. The van der Waals surface area contributed by atoms with Gasteiger partial charge in [-0.05, 0) is 11.6 Å². The van der Waals surface area contributed by atoms with Crippen molar-refractivity contribution in [2.75, 3.05) is 0 Å². The Kier molecular flexibility index (Phi) is 3.46. The van der Waals surface area contributed by atoms with Gasteiger partial charge in [-0.1, -0.05) is 53.7 Å². The average Bonchev–Trinajstić information content (AvgIpc) is 2.53. The molecule has 20 heavy (non-hydrogen) atoms. The van der Waals surface area contributed by atoms with Gasteiger partial charge in [-0.3, -0.25) is 4.79 Å². The number of hydrogen-bond donors (Lipinski definition) is 0. The monoisotopic (exact) mass is 267 g/mol. The van der Waals surface area contributed by atoms with Gasteiger partial charge in [-0.25, -0.2) is 0 Å². The standard InChI is InChI=1S/C16H13NO3/c18-16(19-11-12-6-2-1-3-7-12)14-10-17-20-15-9-5-4-8-13(14)15/h1-10,14H,11H2. The van der Waals surface area contributed by atoms with Crippen molar-refractivity contribution in [1.82, 2.24) is 0 Å². The molecule has 1 aliphatic rings. The quantitative estimate of drug-likeness (QED) is 0.803. The number of esters is 1. The number of carbonyl (C=O) groups is 1. The summed E-state index contributed by atoms with van der Waals surface area (Å²) in [4.78, 5) is 17.3. The molecule has 4 nitrogen and oxygen atoms in total. The normalized spacial score (nSPS) is 16.1. The summed E-state index contributed by atoms with van der Waals surface area (Å²) in [7, 11) is 0. The highest BCUT2D eigenvalue weighted by molar-refractivity contribution is 5.97. The molecule has 0 saturated heterocycles. The first-order valence-electron chi connectivity index (χ1n) is 6.34. The molecule has 100 valence electrons. The molecular formula is C16H13NO3. The van der Waals surface area contributed by atoms with Crippen LogP contribution in [0.15, 0.2) is 59.8 Å². The number of nitrogens with zero attached hydrogens (tertiary/aromatic N) is 1. The van der Waals surface area contributed by atoms with Crippen LogP contribution in [-0.4, -0.2) is 12.2 Å². The first-order chi connectivity index (χ1) is 9.84. The lowest BCUT2D eigenvalue weighted by Crippen LogP contribution is -2.20. The summed E-state index contributed by atoms with van der Waals surface area (Å²) >= 11 is 0. The van der Waals surface area contributed by atoms with Gasteiger partial charge in [0.2, 0.25) is 0 Å². The van der Waals surface area contributed by atoms with Gasteiger partial charge in [0, 0.05) is 5.56 Å². The van der Waals surface area contributed by atoms with Gasteiger partial charge in [0.1, 0.15) is 12.5 Å². The molecule has 3 rings (SSSR count). The Bertz CT molecular complexity index is 637. The largest absolute Gasteiger partial charge is 0.460 e. The molecule has 2 aromatic carbocycles. The number of carbonyl (C=O) groups excluding carboxylic acids is 1. The molecule has 1 aliphatic heterocycles. The Labute approximate surface area is 116 Å². The van der Waals surface area contributed by atoms with Gasteiger partial charge in [0.05, 0.1) is 6.21 Å². The number of hydrogen-bond acceptors (Lipinski definition) is 4. The predicted octanol–water partition coefficient (Wildman–Crippen LogP) is 2.89. The molecule has 0 bridgehead atoms. The SMILES string of the molecule is O=C(OCc1ccccc1)C1C=NOc2ccccc21. The van der Waals surface area contributed by atoms with Crippen LogP contribution in [0.3, 0.4) is 0 Å². The van der Waals surface area contributed by atoms with Crippen molar-refractivity contribution >= 4 is 12.2 Å². The van der Waals surface area contributed by atoms with Crippen molar-refractivity contribution in [2.24, 2.45) is 5.16 Å². The van der Waals surface area contributed by atoms with E-state index in [0.29, 0.717) is 5.75 Å². The highest BCUT2D eigenvalue weighted by Gasteiger charge is 2.26. The van der Waals surface area contributed by atoms with E-state index in [4.69, 9.17) is 9.57 Å². The van der Waals surface area contributed by atoms with Crippen LogP contribution in [0.25, 0.3) is 0 Å². The maximum atomic E-state index is 12.2. The Hall–Kier alpha value is -2.62. The molecule has 1 heterocycles. The van der Waals surface area contributed by atoms with E-state index in [1.165, 1.54) is 6.21 Å². The lowest BCUT2D eigenvalue weighted by Gasteiger charge is -2.17. The Morgan fingerprint density at radius 2 is 1.85 bits per heavy atom. The molecule has 0 saturated carbocycles. The lowest BCUT2D eigenvalue weighted by molar-refractivity contribution is -0.145. The number of oxime groups is 1. The molecule has 0 radical (unpaired) electrons. The van der Waals surface area contributed by atoms with Crippen LogP contribution in [0, 0.1) is 0 Å². The van der Waals surface area contributed by atoms with E-state index in [1.807, 2.05) is 48.5 Å². The summed E-state index contributed by atoms with van der Waals surface area (Å²) in [5.41, 5.74) is 1.73. The molecular weight excluding hydrogens is 254 g/mol. The van der Waals surface area contributed by atoms with Crippen LogP contribution in [0.4, 0.5) is 0 Å². The maximum Gasteiger partial charge on any atom is 0.319 e. The summed E-state index contributed by atoms with van der Waals surface area (Å²) in [6.07, 6.45) is 1.47. The van der Waals surface area contributed by atoms with Crippen LogP contribution in [0.2, 0.25) is 0 Å². The fraction of sp³-hybridized carbons (Fsp3) is 0.125. The van der Waals surface area contributed by atoms with Crippen molar-refractivity contribution in [2.45, 2.75) is 12.5 Å². The third-order valence-corrected chi connectivity index (χ3v) is 3.09. The van der Waals surface area contributed by atoms with Gasteiger partial charge in [-0.15, -0.1) is 0 Å². The van der Waals surface area contributed by atoms with E-state index >= 15 is 0 Å². The fourth-order valence-electron chi connectivity index (χ4n) is 2.06. The van der Waals surface area contributed by atoms with E-state index in [9.17, 15) is 4.79 Å². The highest BCUT2D eigenvalue weighted by Crippen LogP contribution is 2.29. The number of rotatable bonds is 3. The van der Waals surface area contributed by atoms with E-state index in [0.717, 1.165) is 11.1 Å². The van der Waals surface area contributed by atoms with Crippen molar-refractivity contribution in [3.05, 3.63) is 65.7 Å². The zero-order valence-electron chi connectivity index (χ0n) is 10.7. The minimum Gasteiger partial charge on any atom is -0.460 e. The minimum atomic E-state index is -0.510. The summed E-state index contributed by atoms with van der Waals surface area (Å²) in [5, 5.41) is 3.75. The second-order valence-corrected chi connectivity index (χ2v) is 4.45. The van der Waals surface area contributed by atoms with Crippen molar-refractivity contribution in [3.8, 4) is 5.75 Å². The van der Waals surface area contributed by atoms with E-state index in [2.05, 4.69) is 5.16 Å². The molecule has 0 aliphatic carbocycles. The van der Waals surface area contributed by atoms with Gasteiger partial charge < -0.3 is 9.57 Å². The zero-order valence-corrected chi connectivity index (χ0v) is 10.7. The summed E-state index contributed by atoms with van der Waals surface area (Å²) in [6, 6.07) is 16.9. The topological polar surface area (TPSA) is 47.9 Å². The molecule has 0 amide bonds. The second-order valence-electron chi connectivity index (χ2n) is 4.45. The van der Waals surface area contributed by atoms with Crippen LogP contribution >= 0.6 is 0 Å². The zero-order chi connectivity index (χ0) is 13.8. The Morgan fingerprint density at radius 3 is 2.70 bits per heavy atom. The smallest absolute Gasteiger partial charge is 0.319 e. The second kappa shape index (κ2) is 5.57. The van der Waals surface area contributed by atoms with Crippen molar-refractivity contribution < 1.29 is 14.4 Å². The molecule has 1 unspecified atom stereocenters. The van der Waals surface area contributed by atoms with E-state index < -0.39 is 5.92 Å². The summed E-state index contributed by atoms with van der Waals surface area (Å²) in [6.45, 7) is 0.257. The maximum absolute atomic E-state index is 12.2. The minimum absolute atomic E-state index is 0.257. The molecule has 0 fully saturated rings. The van der Waals surface area contributed by atoms with Gasteiger partial charge in [0.15, 0.2) is 5.75 Å². The van der Waals surface area contributed by atoms with Gasteiger partial charge in [-0.2, -0.15) is 0 Å². The summed E-state index contributed by atoms with van der Waals surface area (Å²) in [5.74, 6) is -0.242. The van der Waals surface area contributed by atoms with Gasteiger partial charge in [0.25, 0.3) is 0 Å². The Balaban J connectivity index is 1.71. The average molecular weight is 267 g/mol. The van der Waals surface area contributed by atoms with E-state index in [-0.39, 0.29) is 12.6 Å².